The molecule has 100 valence electrons. The van der Waals surface area contributed by atoms with Gasteiger partial charge in [0.15, 0.2) is 0 Å². The fraction of sp³-hybridized carbons (Fsp3) is 0.231. The molecule has 2 rings (SSSR count). The Balaban J connectivity index is 2.41. The van der Waals surface area contributed by atoms with Crippen LogP contribution in [0, 0.1) is 0 Å². The lowest BCUT2D eigenvalue weighted by atomic mass is 10.2. The first-order valence-electron chi connectivity index (χ1n) is 5.56. The highest BCUT2D eigenvalue weighted by molar-refractivity contribution is 8.01. The summed E-state index contributed by atoms with van der Waals surface area (Å²) in [5.41, 5.74) is 0.992. The van der Waals surface area contributed by atoms with Gasteiger partial charge in [-0.3, -0.25) is 4.79 Å². The van der Waals surface area contributed by atoms with Gasteiger partial charge < -0.3 is 14.8 Å². The van der Waals surface area contributed by atoms with Crippen LogP contribution in [0.2, 0.25) is 0 Å². The Morgan fingerprint density at radius 2 is 1.95 bits per heavy atom. The molecule has 0 spiro atoms. The zero-order valence-corrected chi connectivity index (χ0v) is 11.3. The van der Waals surface area contributed by atoms with Crippen molar-refractivity contribution in [2.45, 2.75) is 10.1 Å². The summed E-state index contributed by atoms with van der Waals surface area (Å²) in [5.74, 6) is -0.934. The number of nitrogens with one attached hydrogen (secondary N) is 1. The standard InChI is InChI=1S/C13H13NO4S/c1-17-12(15)9-7-11(13(16)18-2)19-10-6-4-3-5-8(10)14-9/h3-7,11,14H,1-2H3/t11-/m1/s1. The minimum absolute atomic E-state index is 0.232. The van der Waals surface area contributed by atoms with Crippen LogP contribution in [-0.2, 0) is 19.1 Å². The lowest BCUT2D eigenvalue weighted by Gasteiger charge is -2.09. The molecule has 1 aliphatic heterocycles. The topological polar surface area (TPSA) is 64.6 Å². The largest absolute Gasteiger partial charge is 0.468 e. The number of fused-ring (bicyclic) bond motifs is 1. The van der Waals surface area contributed by atoms with Gasteiger partial charge >= 0.3 is 11.9 Å². The number of hydrogen-bond acceptors (Lipinski definition) is 6. The minimum atomic E-state index is -0.588. The molecule has 0 bridgehead atoms. The Bertz CT molecular complexity index is 541. The third-order valence-corrected chi connectivity index (χ3v) is 3.76. The lowest BCUT2D eigenvalue weighted by Crippen LogP contribution is -2.19. The SMILES string of the molecule is COC(=O)C1=C[C@H](C(=O)OC)Sc2ccccc2N1. The highest BCUT2D eigenvalue weighted by Gasteiger charge is 2.26. The van der Waals surface area contributed by atoms with Gasteiger partial charge in [0, 0.05) is 4.90 Å². The molecule has 1 N–H and O–H groups in total. The average molecular weight is 279 g/mol. The van der Waals surface area contributed by atoms with E-state index in [1.807, 2.05) is 24.3 Å². The minimum Gasteiger partial charge on any atom is -0.468 e. The van der Waals surface area contributed by atoms with E-state index in [0.29, 0.717) is 0 Å². The maximum absolute atomic E-state index is 11.7. The van der Waals surface area contributed by atoms with E-state index in [1.165, 1.54) is 32.1 Å². The highest BCUT2D eigenvalue weighted by atomic mass is 32.2. The summed E-state index contributed by atoms with van der Waals surface area (Å²) in [6.07, 6.45) is 1.52. The average Bonchev–Trinajstić information content (AvgIpc) is 2.64. The Morgan fingerprint density at radius 1 is 1.21 bits per heavy atom. The molecule has 6 heteroatoms. The van der Waals surface area contributed by atoms with E-state index < -0.39 is 17.2 Å². The molecule has 0 aliphatic carbocycles. The molecule has 0 amide bonds. The molecular weight excluding hydrogens is 266 g/mol. The number of benzene rings is 1. The molecule has 0 aromatic heterocycles. The van der Waals surface area contributed by atoms with Gasteiger partial charge in [-0.15, -0.1) is 11.8 Å². The van der Waals surface area contributed by atoms with Crippen LogP contribution < -0.4 is 5.32 Å². The van der Waals surface area contributed by atoms with Gasteiger partial charge in [0.2, 0.25) is 0 Å². The van der Waals surface area contributed by atoms with Crippen molar-refractivity contribution in [2.75, 3.05) is 19.5 Å². The van der Waals surface area contributed by atoms with Crippen LogP contribution in [0.5, 0.6) is 0 Å². The van der Waals surface area contributed by atoms with Crippen LogP contribution >= 0.6 is 11.8 Å². The molecule has 1 aliphatic rings. The van der Waals surface area contributed by atoms with E-state index >= 15 is 0 Å². The van der Waals surface area contributed by atoms with Gasteiger partial charge in [-0.05, 0) is 18.2 Å². The Hall–Kier alpha value is -1.95. The number of thioether (sulfide) groups is 1. The predicted molar refractivity (Wildman–Crippen MR) is 71.8 cm³/mol. The van der Waals surface area contributed by atoms with Crippen LogP contribution in [0.1, 0.15) is 0 Å². The fourth-order valence-electron chi connectivity index (χ4n) is 1.64. The van der Waals surface area contributed by atoms with Gasteiger partial charge in [0.1, 0.15) is 10.9 Å². The number of para-hydroxylation sites is 1. The van der Waals surface area contributed by atoms with Crippen molar-refractivity contribution in [1.29, 1.82) is 0 Å². The number of rotatable bonds is 2. The molecule has 0 fully saturated rings. The molecule has 0 unspecified atom stereocenters. The second kappa shape index (κ2) is 5.79. The summed E-state index contributed by atoms with van der Waals surface area (Å²) in [4.78, 5) is 24.3. The first-order valence-corrected chi connectivity index (χ1v) is 6.44. The normalized spacial score (nSPS) is 17.4. The summed E-state index contributed by atoms with van der Waals surface area (Å²) in [6, 6.07) is 7.42. The number of hydrogen-bond donors (Lipinski definition) is 1. The number of anilines is 1. The van der Waals surface area contributed by atoms with E-state index in [4.69, 9.17) is 9.47 Å². The van der Waals surface area contributed by atoms with E-state index in [0.717, 1.165) is 10.6 Å². The monoisotopic (exact) mass is 279 g/mol. The third-order valence-electron chi connectivity index (χ3n) is 2.57. The van der Waals surface area contributed by atoms with Crippen molar-refractivity contribution in [2.24, 2.45) is 0 Å². The van der Waals surface area contributed by atoms with Crippen LogP contribution in [0.25, 0.3) is 0 Å². The molecule has 19 heavy (non-hydrogen) atoms. The third kappa shape index (κ3) is 2.90. The van der Waals surface area contributed by atoms with Crippen LogP contribution in [0.3, 0.4) is 0 Å². The quantitative estimate of drug-likeness (QED) is 0.833. The van der Waals surface area contributed by atoms with E-state index in [1.54, 1.807) is 0 Å². The van der Waals surface area contributed by atoms with Crippen molar-refractivity contribution in [3.05, 3.63) is 36.0 Å². The summed E-state index contributed by atoms with van der Waals surface area (Å²) in [7, 11) is 2.61. The van der Waals surface area contributed by atoms with Crippen molar-refractivity contribution >= 4 is 29.4 Å². The van der Waals surface area contributed by atoms with Gasteiger partial charge in [-0.25, -0.2) is 4.79 Å². The predicted octanol–water partition coefficient (Wildman–Crippen LogP) is 1.80. The van der Waals surface area contributed by atoms with Crippen LogP contribution in [0.15, 0.2) is 40.9 Å². The summed E-state index contributed by atoms with van der Waals surface area (Å²) in [5, 5.41) is 2.39. The smallest absolute Gasteiger partial charge is 0.354 e. The summed E-state index contributed by atoms with van der Waals surface area (Å²) in [6.45, 7) is 0. The molecular formula is C13H13NO4S. The molecule has 1 aromatic rings. The maximum atomic E-state index is 11.7. The van der Waals surface area contributed by atoms with Crippen LogP contribution in [-0.4, -0.2) is 31.4 Å². The molecule has 1 heterocycles. The maximum Gasteiger partial charge on any atom is 0.354 e. The second-order valence-electron chi connectivity index (χ2n) is 3.75. The zero-order valence-electron chi connectivity index (χ0n) is 10.5. The van der Waals surface area contributed by atoms with Gasteiger partial charge in [0.05, 0.1) is 19.9 Å². The van der Waals surface area contributed by atoms with Gasteiger partial charge in [-0.2, -0.15) is 0 Å². The van der Waals surface area contributed by atoms with Gasteiger partial charge in [0.25, 0.3) is 0 Å². The zero-order chi connectivity index (χ0) is 13.8. The second-order valence-corrected chi connectivity index (χ2v) is 4.94. The van der Waals surface area contributed by atoms with Crippen LogP contribution in [0.4, 0.5) is 5.69 Å². The molecule has 1 atom stereocenters. The summed E-state index contributed by atoms with van der Waals surface area (Å²) < 4.78 is 9.43. The molecule has 0 saturated heterocycles. The van der Waals surface area contributed by atoms with Crippen molar-refractivity contribution < 1.29 is 19.1 Å². The highest BCUT2D eigenvalue weighted by Crippen LogP contribution is 2.35. The van der Waals surface area contributed by atoms with Crippen molar-refractivity contribution in [3.8, 4) is 0 Å². The van der Waals surface area contributed by atoms with Crippen molar-refractivity contribution in [3.63, 3.8) is 0 Å². The number of ether oxygens (including phenoxy) is 2. The summed E-state index contributed by atoms with van der Waals surface area (Å²) >= 11 is 1.32. The van der Waals surface area contributed by atoms with E-state index in [2.05, 4.69) is 5.32 Å². The molecule has 0 radical (unpaired) electrons. The first-order chi connectivity index (χ1) is 9.15. The van der Waals surface area contributed by atoms with E-state index in [9.17, 15) is 9.59 Å². The number of carbonyl (C=O) groups is 2. The fourth-order valence-corrected chi connectivity index (χ4v) is 2.72. The Labute approximate surface area is 115 Å². The molecule has 1 aromatic carbocycles. The van der Waals surface area contributed by atoms with Crippen molar-refractivity contribution in [1.82, 2.24) is 0 Å². The first kappa shape index (κ1) is 13.5. The molecule has 0 saturated carbocycles. The lowest BCUT2D eigenvalue weighted by molar-refractivity contribution is -0.139. The van der Waals surface area contributed by atoms with Gasteiger partial charge in [-0.1, -0.05) is 12.1 Å². The molecule has 5 nitrogen and oxygen atoms in total. The Kier molecular flexibility index (Phi) is 4.11. The van der Waals surface area contributed by atoms with E-state index in [-0.39, 0.29) is 5.70 Å². The number of carbonyl (C=O) groups excluding carboxylic acids is 2. The Morgan fingerprint density at radius 3 is 2.63 bits per heavy atom. The number of methoxy groups -OCH3 is 2. The number of esters is 2.